The van der Waals surface area contributed by atoms with E-state index >= 15 is 0 Å². The number of thioether (sulfide) groups is 1. The van der Waals surface area contributed by atoms with Crippen LogP contribution in [0.5, 0.6) is 5.75 Å². The van der Waals surface area contributed by atoms with Gasteiger partial charge in [-0.25, -0.2) is 4.39 Å². The van der Waals surface area contributed by atoms with Crippen LogP contribution < -0.4 is 15.4 Å². The average Bonchev–Trinajstić information content (AvgIpc) is 3.30. The van der Waals surface area contributed by atoms with Crippen LogP contribution in [0.2, 0.25) is 0 Å². The summed E-state index contributed by atoms with van der Waals surface area (Å²) in [6.07, 6.45) is -0.618. The van der Waals surface area contributed by atoms with Crippen molar-refractivity contribution in [1.29, 1.82) is 0 Å². The first-order valence-electron chi connectivity index (χ1n) is 11.5. The van der Waals surface area contributed by atoms with E-state index in [1.54, 1.807) is 41.8 Å². The molecule has 4 aromatic rings. The number of anilines is 2. The van der Waals surface area contributed by atoms with Crippen LogP contribution in [-0.4, -0.2) is 32.3 Å². The monoisotopic (exact) mass is 519 g/mol. The molecule has 1 heterocycles. The van der Waals surface area contributed by atoms with E-state index in [4.69, 9.17) is 4.74 Å². The number of ether oxygens (including phenoxy) is 1. The molecule has 2 N–H and O–H groups in total. The lowest BCUT2D eigenvalue weighted by Gasteiger charge is -2.17. The number of nitrogens with one attached hydrogen (secondary N) is 2. The van der Waals surface area contributed by atoms with Crippen molar-refractivity contribution in [2.45, 2.75) is 32.0 Å². The van der Waals surface area contributed by atoms with E-state index in [9.17, 15) is 14.0 Å². The van der Waals surface area contributed by atoms with Gasteiger partial charge < -0.3 is 15.4 Å². The summed E-state index contributed by atoms with van der Waals surface area (Å²) in [5.41, 5.74) is 2.87. The lowest BCUT2D eigenvalue weighted by atomic mass is 10.2. The number of carbonyl (C=O) groups is 2. The predicted molar refractivity (Wildman–Crippen MR) is 142 cm³/mol. The van der Waals surface area contributed by atoms with Crippen LogP contribution in [0.1, 0.15) is 31.3 Å². The Morgan fingerprint density at radius 3 is 2.49 bits per heavy atom. The molecule has 1 atom stereocenters. The number of amides is 2. The molecule has 37 heavy (non-hydrogen) atoms. The Morgan fingerprint density at radius 2 is 1.76 bits per heavy atom. The molecule has 1 unspecified atom stereocenters. The minimum absolute atomic E-state index is 0.0663. The molecule has 0 aliphatic heterocycles. The zero-order valence-corrected chi connectivity index (χ0v) is 21.4. The lowest BCUT2D eigenvalue weighted by Crippen LogP contribution is -2.16. The SMILES string of the molecule is CC(=O)Nc1cc(NC(=O)CSc2nnc(C(C)Oc3ccccc3F)n2-c2ccccc2)ccc1C. The zero-order valence-electron chi connectivity index (χ0n) is 20.6. The van der Waals surface area contributed by atoms with E-state index in [0.717, 1.165) is 11.3 Å². The van der Waals surface area contributed by atoms with Crippen LogP contribution >= 0.6 is 11.8 Å². The normalized spacial score (nSPS) is 11.6. The van der Waals surface area contributed by atoms with Crippen molar-refractivity contribution in [3.05, 3.63) is 90.0 Å². The summed E-state index contributed by atoms with van der Waals surface area (Å²) >= 11 is 1.21. The maximum Gasteiger partial charge on any atom is 0.234 e. The number of hydrogen-bond acceptors (Lipinski definition) is 6. The third-order valence-corrected chi connectivity index (χ3v) is 6.27. The molecule has 3 aromatic carbocycles. The van der Waals surface area contributed by atoms with Crippen molar-refractivity contribution >= 4 is 35.0 Å². The maximum absolute atomic E-state index is 14.2. The van der Waals surface area contributed by atoms with Gasteiger partial charge in [0.15, 0.2) is 28.7 Å². The molecule has 0 saturated heterocycles. The summed E-state index contributed by atoms with van der Waals surface area (Å²) < 4.78 is 21.8. The van der Waals surface area contributed by atoms with Gasteiger partial charge in [-0.1, -0.05) is 48.2 Å². The number of hydrogen-bond donors (Lipinski definition) is 2. The molecule has 190 valence electrons. The van der Waals surface area contributed by atoms with Gasteiger partial charge in [0.05, 0.1) is 5.75 Å². The standard InChI is InChI=1S/C27H26FN5O3S/c1-17-13-14-20(15-23(17)29-19(3)34)30-25(35)16-37-27-32-31-26(33(27)21-9-5-4-6-10-21)18(2)36-24-12-8-7-11-22(24)28/h4-15,18H,16H2,1-3H3,(H,29,34)(H,30,35). The quantitative estimate of drug-likeness (QED) is 0.282. The van der Waals surface area contributed by atoms with E-state index in [-0.39, 0.29) is 23.3 Å². The Hall–Kier alpha value is -4.18. The van der Waals surface area contributed by atoms with Crippen LogP contribution in [0.15, 0.2) is 78.0 Å². The summed E-state index contributed by atoms with van der Waals surface area (Å²) in [7, 11) is 0. The fourth-order valence-electron chi connectivity index (χ4n) is 3.59. The minimum Gasteiger partial charge on any atom is -0.480 e. The van der Waals surface area contributed by atoms with Gasteiger partial charge >= 0.3 is 0 Å². The molecule has 0 fully saturated rings. The van der Waals surface area contributed by atoms with Crippen LogP contribution in [-0.2, 0) is 9.59 Å². The van der Waals surface area contributed by atoms with Gasteiger partial charge in [-0.15, -0.1) is 10.2 Å². The highest BCUT2D eigenvalue weighted by atomic mass is 32.2. The molecule has 8 nitrogen and oxygen atoms in total. The van der Waals surface area contributed by atoms with Gasteiger partial charge in [-0.2, -0.15) is 0 Å². The van der Waals surface area contributed by atoms with E-state index < -0.39 is 11.9 Å². The minimum atomic E-state index is -0.618. The Bertz CT molecular complexity index is 1410. The first-order chi connectivity index (χ1) is 17.8. The number of para-hydroxylation sites is 2. The summed E-state index contributed by atoms with van der Waals surface area (Å²) in [5.74, 6) is -0.256. The fourth-order valence-corrected chi connectivity index (χ4v) is 4.35. The molecule has 1 aromatic heterocycles. The maximum atomic E-state index is 14.2. The molecule has 0 saturated carbocycles. The smallest absolute Gasteiger partial charge is 0.234 e. The van der Waals surface area contributed by atoms with Crippen molar-refractivity contribution in [2.24, 2.45) is 0 Å². The molecular formula is C27H26FN5O3S. The summed E-state index contributed by atoms with van der Waals surface area (Å²) in [5, 5.41) is 14.7. The number of benzene rings is 3. The molecule has 0 radical (unpaired) electrons. The zero-order chi connectivity index (χ0) is 26.4. The third kappa shape index (κ3) is 6.53. The fraction of sp³-hybridized carbons (Fsp3) is 0.185. The van der Waals surface area contributed by atoms with Gasteiger partial charge in [0.1, 0.15) is 0 Å². The van der Waals surface area contributed by atoms with E-state index in [0.29, 0.717) is 22.4 Å². The second-order valence-electron chi connectivity index (χ2n) is 8.25. The van der Waals surface area contributed by atoms with Crippen molar-refractivity contribution in [2.75, 3.05) is 16.4 Å². The molecule has 0 aliphatic carbocycles. The highest BCUT2D eigenvalue weighted by molar-refractivity contribution is 7.99. The molecule has 10 heteroatoms. The number of aromatic nitrogens is 3. The van der Waals surface area contributed by atoms with Gasteiger partial charge in [-0.05, 0) is 55.8 Å². The lowest BCUT2D eigenvalue weighted by molar-refractivity contribution is -0.114. The molecule has 4 rings (SSSR count). The summed E-state index contributed by atoms with van der Waals surface area (Å²) in [6, 6.07) is 20.9. The van der Waals surface area contributed by atoms with Crippen LogP contribution in [0, 0.1) is 12.7 Å². The molecule has 2 amide bonds. The Balaban J connectivity index is 1.51. The second kappa shape index (κ2) is 11.7. The number of nitrogens with zero attached hydrogens (tertiary/aromatic N) is 3. The topological polar surface area (TPSA) is 98.1 Å². The summed E-state index contributed by atoms with van der Waals surface area (Å²) in [6.45, 7) is 5.07. The first-order valence-corrected chi connectivity index (χ1v) is 12.5. The van der Waals surface area contributed by atoms with E-state index in [1.807, 2.05) is 43.3 Å². The van der Waals surface area contributed by atoms with Crippen molar-refractivity contribution in [1.82, 2.24) is 14.8 Å². The number of carbonyl (C=O) groups excluding carboxylic acids is 2. The Kier molecular flexibility index (Phi) is 8.19. The van der Waals surface area contributed by atoms with Crippen LogP contribution in [0.3, 0.4) is 0 Å². The van der Waals surface area contributed by atoms with Crippen molar-refractivity contribution in [3.8, 4) is 11.4 Å². The molecule has 0 spiro atoms. The summed E-state index contributed by atoms with van der Waals surface area (Å²) in [4.78, 5) is 24.2. The molecule has 0 bridgehead atoms. The van der Waals surface area contributed by atoms with E-state index in [1.165, 1.54) is 24.8 Å². The third-order valence-electron chi connectivity index (χ3n) is 5.34. The van der Waals surface area contributed by atoms with Gasteiger partial charge in [0, 0.05) is 24.0 Å². The first kappa shape index (κ1) is 25.9. The van der Waals surface area contributed by atoms with Gasteiger partial charge in [0.25, 0.3) is 0 Å². The Morgan fingerprint density at radius 1 is 1.03 bits per heavy atom. The number of aryl methyl sites for hydroxylation is 1. The highest BCUT2D eigenvalue weighted by Crippen LogP contribution is 2.29. The van der Waals surface area contributed by atoms with Crippen LogP contribution in [0.25, 0.3) is 5.69 Å². The Labute approximate surface area is 218 Å². The second-order valence-corrected chi connectivity index (χ2v) is 9.19. The molecular weight excluding hydrogens is 493 g/mol. The molecule has 0 aliphatic rings. The number of rotatable bonds is 9. The highest BCUT2D eigenvalue weighted by Gasteiger charge is 2.22. The number of halogens is 1. The van der Waals surface area contributed by atoms with Crippen LogP contribution in [0.4, 0.5) is 15.8 Å². The van der Waals surface area contributed by atoms with Crippen molar-refractivity contribution in [3.63, 3.8) is 0 Å². The predicted octanol–water partition coefficient (Wildman–Crippen LogP) is 5.54. The van der Waals surface area contributed by atoms with Gasteiger partial charge in [0.2, 0.25) is 11.8 Å². The largest absolute Gasteiger partial charge is 0.480 e. The van der Waals surface area contributed by atoms with Gasteiger partial charge in [-0.3, -0.25) is 14.2 Å². The average molecular weight is 520 g/mol. The van der Waals surface area contributed by atoms with Crippen molar-refractivity contribution < 1.29 is 18.7 Å². The van der Waals surface area contributed by atoms with E-state index in [2.05, 4.69) is 20.8 Å².